The molecule has 2 N–H and O–H groups in total. The van der Waals surface area contributed by atoms with Gasteiger partial charge in [0.15, 0.2) is 0 Å². The Balaban J connectivity index is 1.34. The lowest BCUT2D eigenvalue weighted by Crippen LogP contribution is -2.48. The molecule has 2 saturated heterocycles. The molecule has 2 heterocycles. The van der Waals surface area contributed by atoms with Crippen LogP contribution in [0.1, 0.15) is 18.1 Å². The summed E-state index contributed by atoms with van der Waals surface area (Å²) in [6, 6.07) is 8.67. The van der Waals surface area contributed by atoms with Crippen LogP contribution in [0.5, 0.6) is 0 Å². The lowest BCUT2D eigenvalue weighted by atomic mass is 10.1. The SMILES string of the molecule is CC(CNC(=O)NCc1ccc(CN2CCOCC2)cc1)N1CCOCC1. The molecule has 3 rings (SSSR count). The number of rotatable bonds is 7. The highest BCUT2D eigenvalue weighted by Gasteiger charge is 2.17. The Kier molecular flexibility index (Phi) is 7.89. The molecule has 27 heavy (non-hydrogen) atoms. The molecule has 0 aromatic heterocycles. The molecule has 7 heteroatoms. The Morgan fingerprint density at radius 2 is 1.56 bits per heavy atom. The molecule has 0 radical (unpaired) electrons. The summed E-state index contributed by atoms with van der Waals surface area (Å²) in [5, 5.41) is 5.90. The second-order valence-corrected chi connectivity index (χ2v) is 7.27. The maximum Gasteiger partial charge on any atom is 0.315 e. The first-order chi connectivity index (χ1) is 13.2. The summed E-state index contributed by atoms with van der Waals surface area (Å²) in [5.41, 5.74) is 2.40. The Hall–Kier alpha value is -1.67. The number of benzene rings is 1. The monoisotopic (exact) mass is 376 g/mol. The Labute approximate surface area is 162 Å². The molecular formula is C20H32N4O3. The van der Waals surface area contributed by atoms with Crippen LogP contribution in [0.25, 0.3) is 0 Å². The third-order valence-electron chi connectivity index (χ3n) is 5.21. The molecule has 0 aliphatic carbocycles. The lowest BCUT2D eigenvalue weighted by Gasteiger charge is -2.32. The number of carbonyl (C=O) groups excluding carboxylic acids is 1. The number of urea groups is 1. The Bertz CT molecular complexity index is 569. The summed E-state index contributed by atoms with van der Waals surface area (Å²) in [4.78, 5) is 16.8. The number of nitrogens with one attached hydrogen (secondary N) is 2. The first-order valence-electron chi connectivity index (χ1n) is 9.92. The fourth-order valence-electron chi connectivity index (χ4n) is 3.41. The average molecular weight is 377 g/mol. The summed E-state index contributed by atoms with van der Waals surface area (Å²) in [6.45, 7) is 11.3. The van der Waals surface area contributed by atoms with Gasteiger partial charge in [-0.3, -0.25) is 9.80 Å². The van der Waals surface area contributed by atoms with Crippen LogP contribution in [-0.2, 0) is 22.6 Å². The van der Waals surface area contributed by atoms with E-state index in [9.17, 15) is 4.79 Å². The predicted molar refractivity (Wildman–Crippen MR) is 105 cm³/mol. The number of ether oxygens (including phenoxy) is 2. The van der Waals surface area contributed by atoms with Crippen LogP contribution in [0.2, 0.25) is 0 Å². The van der Waals surface area contributed by atoms with E-state index in [1.165, 1.54) is 5.56 Å². The van der Waals surface area contributed by atoms with Crippen LogP contribution >= 0.6 is 0 Å². The van der Waals surface area contributed by atoms with Gasteiger partial charge in [0, 0.05) is 51.9 Å². The topological polar surface area (TPSA) is 66.1 Å². The minimum absolute atomic E-state index is 0.118. The second kappa shape index (κ2) is 10.6. The van der Waals surface area contributed by atoms with E-state index in [4.69, 9.17) is 9.47 Å². The van der Waals surface area contributed by atoms with Crippen LogP contribution in [-0.4, -0.2) is 81.0 Å². The van der Waals surface area contributed by atoms with Crippen molar-refractivity contribution < 1.29 is 14.3 Å². The predicted octanol–water partition coefficient (Wildman–Crippen LogP) is 1.04. The van der Waals surface area contributed by atoms with Gasteiger partial charge in [0.1, 0.15) is 0 Å². The summed E-state index contributed by atoms with van der Waals surface area (Å²) in [5.74, 6) is 0. The van der Waals surface area contributed by atoms with E-state index in [0.717, 1.165) is 64.7 Å². The van der Waals surface area contributed by atoms with E-state index in [2.05, 4.69) is 51.6 Å². The van der Waals surface area contributed by atoms with Gasteiger partial charge in [-0.2, -0.15) is 0 Å². The normalized spacial score (nSPS) is 20.2. The van der Waals surface area contributed by atoms with Crippen LogP contribution < -0.4 is 10.6 Å². The first-order valence-corrected chi connectivity index (χ1v) is 9.92. The van der Waals surface area contributed by atoms with Crippen LogP contribution in [0, 0.1) is 0 Å². The molecule has 2 amide bonds. The van der Waals surface area contributed by atoms with Gasteiger partial charge in [-0.25, -0.2) is 4.79 Å². The Morgan fingerprint density at radius 1 is 0.963 bits per heavy atom. The van der Waals surface area contributed by atoms with Gasteiger partial charge < -0.3 is 20.1 Å². The van der Waals surface area contributed by atoms with E-state index >= 15 is 0 Å². The van der Waals surface area contributed by atoms with Gasteiger partial charge >= 0.3 is 6.03 Å². The van der Waals surface area contributed by atoms with E-state index in [1.807, 2.05) is 0 Å². The van der Waals surface area contributed by atoms with Crippen molar-refractivity contribution in [3.8, 4) is 0 Å². The maximum atomic E-state index is 12.0. The highest BCUT2D eigenvalue weighted by molar-refractivity contribution is 5.73. The van der Waals surface area contributed by atoms with E-state index < -0.39 is 0 Å². The standard InChI is InChI=1S/C20H32N4O3/c1-17(24-8-12-27-13-9-24)14-21-20(25)22-15-18-2-4-19(5-3-18)16-23-6-10-26-11-7-23/h2-5,17H,6-16H2,1H3,(H2,21,22,25). The molecule has 150 valence electrons. The van der Waals surface area contributed by atoms with Crippen LogP contribution in [0.3, 0.4) is 0 Å². The molecule has 0 bridgehead atoms. The molecule has 0 spiro atoms. The second-order valence-electron chi connectivity index (χ2n) is 7.27. The van der Waals surface area contributed by atoms with Crippen molar-refractivity contribution >= 4 is 6.03 Å². The van der Waals surface area contributed by atoms with Crippen molar-refractivity contribution in [1.82, 2.24) is 20.4 Å². The molecule has 2 aliphatic rings. The van der Waals surface area contributed by atoms with E-state index in [0.29, 0.717) is 19.1 Å². The van der Waals surface area contributed by atoms with Gasteiger partial charge in [0.25, 0.3) is 0 Å². The molecule has 0 saturated carbocycles. The highest BCUT2D eigenvalue weighted by Crippen LogP contribution is 2.09. The highest BCUT2D eigenvalue weighted by atomic mass is 16.5. The summed E-state index contributed by atoms with van der Waals surface area (Å²) in [6.07, 6.45) is 0. The van der Waals surface area contributed by atoms with Gasteiger partial charge in [-0.05, 0) is 18.1 Å². The molecular weight excluding hydrogens is 344 g/mol. The van der Waals surface area contributed by atoms with Gasteiger partial charge in [-0.1, -0.05) is 24.3 Å². The van der Waals surface area contributed by atoms with E-state index in [-0.39, 0.29) is 6.03 Å². The smallest absolute Gasteiger partial charge is 0.315 e. The molecule has 7 nitrogen and oxygen atoms in total. The third-order valence-corrected chi connectivity index (χ3v) is 5.21. The molecule has 2 aliphatic heterocycles. The van der Waals surface area contributed by atoms with Crippen molar-refractivity contribution in [1.29, 1.82) is 0 Å². The summed E-state index contributed by atoms with van der Waals surface area (Å²) >= 11 is 0. The maximum absolute atomic E-state index is 12.0. The zero-order chi connectivity index (χ0) is 18.9. The molecule has 1 unspecified atom stereocenters. The average Bonchev–Trinajstić information content (AvgIpc) is 2.73. The zero-order valence-electron chi connectivity index (χ0n) is 16.3. The minimum Gasteiger partial charge on any atom is -0.379 e. The number of nitrogens with zero attached hydrogens (tertiary/aromatic N) is 2. The van der Waals surface area contributed by atoms with Gasteiger partial charge in [-0.15, -0.1) is 0 Å². The number of hydrogen-bond acceptors (Lipinski definition) is 5. The van der Waals surface area contributed by atoms with Crippen LogP contribution in [0.15, 0.2) is 24.3 Å². The largest absolute Gasteiger partial charge is 0.379 e. The lowest BCUT2D eigenvalue weighted by molar-refractivity contribution is 0.0209. The number of amides is 2. The summed E-state index contributed by atoms with van der Waals surface area (Å²) < 4.78 is 10.7. The number of morpholine rings is 2. The molecule has 1 aromatic carbocycles. The van der Waals surface area contributed by atoms with E-state index in [1.54, 1.807) is 0 Å². The Morgan fingerprint density at radius 3 is 2.22 bits per heavy atom. The van der Waals surface area contributed by atoms with Crippen molar-refractivity contribution in [2.24, 2.45) is 0 Å². The van der Waals surface area contributed by atoms with Crippen molar-refractivity contribution in [2.75, 3.05) is 59.2 Å². The third kappa shape index (κ3) is 6.77. The minimum atomic E-state index is -0.118. The van der Waals surface area contributed by atoms with Crippen LogP contribution in [0.4, 0.5) is 4.79 Å². The zero-order valence-corrected chi connectivity index (χ0v) is 16.3. The first kappa shape index (κ1) is 20.1. The van der Waals surface area contributed by atoms with Gasteiger partial charge in [0.2, 0.25) is 0 Å². The molecule has 1 atom stereocenters. The number of hydrogen-bond donors (Lipinski definition) is 2. The molecule has 2 fully saturated rings. The fraction of sp³-hybridized carbons (Fsp3) is 0.650. The van der Waals surface area contributed by atoms with Crippen molar-refractivity contribution in [3.05, 3.63) is 35.4 Å². The van der Waals surface area contributed by atoms with Gasteiger partial charge in [0.05, 0.1) is 26.4 Å². The van der Waals surface area contributed by atoms with Crippen molar-refractivity contribution in [2.45, 2.75) is 26.1 Å². The summed E-state index contributed by atoms with van der Waals surface area (Å²) in [7, 11) is 0. The molecule has 1 aromatic rings. The van der Waals surface area contributed by atoms with Crippen molar-refractivity contribution in [3.63, 3.8) is 0 Å². The number of carbonyl (C=O) groups is 1. The fourth-order valence-corrected chi connectivity index (χ4v) is 3.41. The quantitative estimate of drug-likeness (QED) is 0.744.